The number of esters is 1. The summed E-state index contributed by atoms with van der Waals surface area (Å²) in [6.45, 7) is 5.19. The molecule has 11 heteroatoms. The van der Waals surface area contributed by atoms with Crippen LogP contribution in [0.25, 0.3) is 0 Å². The average Bonchev–Trinajstić information content (AvgIpc) is 2.92. The molecule has 0 radical (unpaired) electrons. The van der Waals surface area contributed by atoms with Crippen molar-refractivity contribution in [2.45, 2.75) is 75.8 Å². The molecule has 1 fully saturated rings. The van der Waals surface area contributed by atoms with Crippen molar-refractivity contribution < 1.29 is 49.0 Å². The molecule has 7 unspecified atom stereocenters. The molecule has 1 aliphatic heterocycles. The third kappa shape index (κ3) is 4.51. The van der Waals surface area contributed by atoms with E-state index in [1.165, 1.54) is 31.4 Å². The molecule has 0 aromatic heterocycles. The summed E-state index contributed by atoms with van der Waals surface area (Å²) >= 11 is 0. The van der Waals surface area contributed by atoms with Crippen LogP contribution in [0.3, 0.4) is 0 Å². The van der Waals surface area contributed by atoms with Gasteiger partial charge in [-0.2, -0.15) is 0 Å². The molecule has 11 nitrogen and oxygen atoms in total. The average molecular weight is 584 g/mol. The summed E-state index contributed by atoms with van der Waals surface area (Å²) in [6, 6.07) is 5.15. The molecular weight excluding hydrogens is 546 g/mol. The lowest BCUT2D eigenvalue weighted by molar-refractivity contribution is -0.259. The maximum absolute atomic E-state index is 13.7. The number of hydrogen-bond acceptors (Lipinski definition) is 11. The van der Waals surface area contributed by atoms with Crippen LogP contribution in [0.4, 0.5) is 0 Å². The van der Waals surface area contributed by atoms with Gasteiger partial charge in [-0.05, 0) is 44.6 Å². The monoisotopic (exact) mass is 583 g/mol. The summed E-state index contributed by atoms with van der Waals surface area (Å²) in [5, 5.41) is 44.9. The molecule has 5 rings (SSSR count). The number of benzene rings is 2. The first-order valence-electron chi connectivity index (χ1n) is 14.0. The molecule has 0 spiro atoms. The highest BCUT2D eigenvalue weighted by Crippen LogP contribution is 2.55. The van der Waals surface area contributed by atoms with Gasteiger partial charge in [0.05, 0.1) is 42.1 Å². The number of carbonyl (C=O) groups excluding carboxylic acids is 3. The standard InChI is InChI=1S/C31H37NO10/c1-13(2)31(39)12-20(42-21-11-18(32(4)5)26(34)14(3)41-21)23-16(25(31)30(38)40-6)10-17-24(29(23)37)28(36)22-15(27(17)35)8-7-9-19(22)33/h7-10,13-14,18,20-21,25-26,33-34,37,39H,11-12H2,1-6H3. The van der Waals surface area contributed by atoms with Crippen LogP contribution in [-0.4, -0.2) is 94.2 Å². The Morgan fingerprint density at radius 3 is 2.43 bits per heavy atom. The van der Waals surface area contributed by atoms with E-state index in [0.717, 1.165) is 0 Å². The summed E-state index contributed by atoms with van der Waals surface area (Å²) in [5.41, 5.74) is -2.32. The minimum Gasteiger partial charge on any atom is -0.507 e. The van der Waals surface area contributed by atoms with E-state index in [-0.39, 0.29) is 52.3 Å². The van der Waals surface area contributed by atoms with Gasteiger partial charge in [-0.15, -0.1) is 0 Å². The molecule has 1 heterocycles. The second kappa shape index (κ2) is 10.7. The number of methoxy groups -OCH3 is 1. The van der Waals surface area contributed by atoms with Crippen molar-refractivity contribution in [3.8, 4) is 11.5 Å². The van der Waals surface area contributed by atoms with Crippen molar-refractivity contribution >= 4 is 17.5 Å². The largest absolute Gasteiger partial charge is 0.507 e. The molecule has 0 bridgehead atoms. The Kier molecular flexibility index (Phi) is 7.70. The number of rotatable bonds is 5. The van der Waals surface area contributed by atoms with Gasteiger partial charge in [-0.3, -0.25) is 14.4 Å². The highest BCUT2D eigenvalue weighted by Gasteiger charge is 2.55. The number of aromatic hydroxyl groups is 2. The first kappa shape index (κ1) is 30.1. The van der Waals surface area contributed by atoms with Crippen LogP contribution in [0.5, 0.6) is 11.5 Å². The number of nitrogens with zero attached hydrogens (tertiary/aromatic N) is 1. The Morgan fingerprint density at radius 2 is 1.81 bits per heavy atom. The highest BCUT2D eigenvalue weighted by molar-refractivity contribution is 6.30. The number of carbonyl (C=O) groups is 3. The van der Waals surface area contributed by atoms with Crippen LogP contribution in [0.2, 0.25) is 0 Å². The quantitative estimate of drug-likeness (QED) is 0.326. The van der Waals surface area contributed by atoms with Crippen molar-refractivity contribution in [3.05, 3.63) is 57.6 Å². The zero-order valence-corrected chi connectivity index (χ0v) is 24.5. The minimum absolute atomic E-state index is 0.0397. The van der Waals surface area contributed by atoms with Crippen LogP contribution < -0.4 is 0 Å². The maximum Gasteiger partial charge on any atom is 0.316 e. The predicted molar refractivity (Wildman–Crippen MR) is 149 cm³/mol. The summed E-state index contributed by atoms with van der Waals surface area (Å²) in [6.07, 6.45) is -3.25. The van der Waals surface area contributed by atoms with Gasteiger partial charge < -0.3 is 39.5 Å². The van der Waals surface area contributed by atoms with Gasteiger partial charge in [0.25, 0.3) is 0 Å². The zero-order valence-electron chi connectivity index (χ0n) is 24.5. The van der Waals surface area contributed by atoms with E-state index in [4.69, 9.17) is 14.2 Å². The van der Waals surface area contributed by atoms with E-state index in [2.05, 4.69) is 0 Å². The number of ketones is 2. The lowest BCUT2D eigenvalue weighted by Crippen LogP contribution is -2.54. The number of aliphatic hydroxyl groups excluding tert-OH is 1. The van der Waals surface area contributed by atoms with Crippen molar-refractivity contribution in [1.29, 1.82) is 0 Å². The molecule has 7 atom stereocenters. The molecule has 2 aromatic rings. The Balaban J connectivity index is 1.71. The number of aliphatic hydroxyl groups is 2. The van der Waals surface area contributed by atoms with E-state index in [1.54, 1.807) is 20.8 Å². The highest BCUT2D eigenvalue weighted by atomic mass is 16.7. The molecule has 42 heavy (non-hydrogen) atoms. The first-order chi connectivity index (χ1) is 19.7. The fourth-order valence-electron chi connectivity index (χ4n) is 6.66. The molecule has 0 amide bonds. The fourth-order valence-corrected chi connectivity index (χ4v) is 6.66. The summed E-state index contributed by atoms with van der Waals surface area (Å²) in [7, 11) is 4.83. The molecule has 2 aliphatic carbocycles. The number of hydrogen-bond donors (Lipinski definition) is 4. The van der Waals surface area contributed by atoms with E-state index in [1.807, 2.05) is 19.0 Å². The summed E-state index contributed by atoms with van der Waals surface area (Å²) in [5.74, 6) is -4.96. The van der Waals surface area contributed by atoms with Crippen molar-refractivity contribution in [2.24, 2.45) is 5.92 Å². The van der Waals surface area contributed by atoms with E-state index in [0.29, 0.717) is 0 Å². The van der Waals surface area contributed by atoms with Crippen molar-refractivity contribution in [3.63, 3.8) is 0 Å². The SMILES string of the molecule is COC(=O)C1c2cc3c(c(O)c2C(OC2CC(N(C)C)C(O)C(C)O2)CC1(O)C(C)C)C(=O)c1c(O)cccc1C3=O. The topological polar surface area (TPSA) is 163 Å². The maximum atomic E-state index is 13.7. The summed E-state index contributed by atoms with van der Waals surface area (Å²) < 4.78 is 17.5. The Morgan fingerprint density at radius 1 is 1.12 bits per heavy atom. The van der Waals surface area contributed by atoms with Gasteiger partial charge in [0.2, 0.25) is 5.78 Å². The molecule has 4 N–H and O–H groups in total. The Labute approximate surface area is 243 Å². The van der Waals surface area contributed by atoms with Gasteiger partial charge in [0.1, 0.15) is 17.4 Å². The number of likely N-dealkylation sites (N-methyl/N-ethyl adjacent to an activating group) is 1. The summed E-state index contributed by atoms with van der Waals surface area (Å²) in [4.78, 5) is 42.4. The Bertz CT molecular complexity index is 1450. The number of phenols is 2. The lowest BCUT2D eigenvalue weighted by Gasteiger charge is -2.47. The number of ether oxygens (including phenoxy) is 3. The molecule has 3 aliphatic rings. The second-order valence-corrected chi connectivity index (χ2v) is 12.0. The van der Waals surface area contributed by atoms with Gasteiger partial charge in [-0.25, -0.2) is 0 Å². The van der Waals surface area contributed by atoms with E-state index in [9.17, 15) is 34.8 Å². The number of phenolic OH excluding ortho intramolecular Hbond substituents is 2. The Hall–Kier alpha value is -3.35. The van der Waals surface area contributed by atoms with Crippen LogP contribution in [0, 0.1) is 5.92 Å². The first-order valence-corrected chi connectivity index (χ1v) is 14.0. The van der Waals surface area contributed by atoms with Crippen LogP contribution >= 0.6 is 0 Å². The van der Waals surface area contributed by atoms with Crippen LogP contribution in [-0.2, 0) is 19.0 Å². The lowest BCUT2D eigenvalue weighted by atomic mass is 9.64. The molecule has 2 aromatic carbocycles. The molecule has 1 saturated heterocycles. The molecule has 0 saturated carbocycles. The second-order valence-electron chi connectivity index (χ2n) is 12.0. The zero-order chi connectivity index (χ0) is 30.8. The minimum atomic E-state index is -1.73. The van der Waals surface area contributed by atoms with Gasteiger partial charge in [-0.1, -0.05) is 26.0 Å². The van der Waals surface area contributed by atoms with Crippen LogP contribution in [0.1, 0.15) is 88.6 Å². The number of fused-ring (bicyclic) bond motifs is 3. The van der Waals surface area contributed by atoms with Crippen LogP contribution in [0.15, 0.2) is 24.3 Å². The van der Waals surface area contributed by atoms with E-state index < -0.39 is 71.1 Å². The van der Waals surface area contributed by atoms with Gasteiger partial charge in [0, 0.05) is 35.6 Å². The smallest absolute Gasteiger partial charge is 0.316 e. The molecule has 226 valence electrons. The third-order valence-electron chi connectivity index (χ3n) is 9.09. The third-order valence-corrected chi connectivity index (χ3v) is 9.09. The van der Waals surface area contributed by atoms with Gasteiger partial charge in [0.15, 0.2) is 12.1 Å². The van der Waals surface area contributed by atoms with Crippen molar-refractivity contribution in [2.75, 3.05) is 21.2 Å². The molecular formula is C31H37NO10. The van der Waals surface area contributed by atoms with E-state index >= 15 is 0 Å². The normalized spacial score (nSPS) is 30.6. The predicted octanol–water partition coefficient (Wildman–Crippen LogP) is 2.40. The fraction of sp³-hybridized carbons (Fsp3) is 0.516. The van der Waals surface area contributed by atoms with Gasteiger partial charge >= 0.3 is 5.97 Å². The van der Waals surface area contributed by atoms with Crippen molar-refractivity contribution in [1.82, 2.24) is 4.90 Å².